The number of fused-ring (bicyclic) bond motifs is 1. The molecule has 2 heterocycles. The predicted octanol–water partition coefficient (Wildman–Crippen LogP) is 5.44. The minimum atomic E-state index is -0.405. The Balaban J connectivity index is 1.61. The molecular weight excluding hydrogens is 386 g/mol. The maximum atomic E-state index is 13.0. The van der Waals surface area contributed by atoms with Crippen LogP contribution in [-0.4, -0.2) is 20.5 Å². The number of nitrogens with zero attached hydrogens (tertiary/aromatic N) is 3. The summed E-state index contributed by atoms with van der Waals surface area (Å²) < 4.78 is 7.59. The molecule has 0 bridgehead atoms. The lowest BCUT2D eigenvalue weighted by Gasteiger charge is -2.14. The Morgan fingerprint density at radius 2 is 1.55 bits per heavy atom. The third kappa shape index (κ3) is 3.69. The van der Waals surface area contributed by atoms with Crippen molar-refractivity contribution in [2.24, 2.45) is 0 Å². The molecule has 0 fully saturated rings. The van der Waals surface area contributed by atoms with Gasteiger partial charge in [0.1, 0.15) is 12.4 Å². The van der Waals surface area contributed by atoms with E-state index in [0.717, 1.165) is 28.1 Å². The maximum Gasteiger partial charge on any atom is 0.340 e. The average molecular weight is 405 g/mol. The van der Waals surface area contributed by atoms with Crippen LogP contribution in [0.5, 0.6) is 0 Å². The molecule has 0 radical (unpaired) electrons. The van der Waals surface area contributed by atoms with E-state index in [1.165, 1.54) is 0 Å². The first-order chi connectivity index (χ1) is 15.3. The minimum absolute atomic E-state index is 0.115. The molecule has 5 aromatic rings. The van der Waals surface area contributed by atoms with Gasteiger partial charge in [-0.3, -0.25) is 9.55 Å². The quantitative estimate of drug-likeness (QED) is 0.365. The number of para-hydroxylation sites is 3. The molecule has 2 aromatic heterocycles. The van der Waals surface area contributed by atoms with Crippen LogP contribution in [0, 0.1) is 0 Å². The summed E-state index contributed by atoms with van der Waals surface area (Å²) in [5.41, 5.74) is 4.64. The van der Waals surface area contributed by atoms with E-state index in [4.69, 9.17) is 9.72 Å². The first-order valence-electron chi connectivity index (χ1n) is 10.0. The second kappa shape index (κ2) is 8.24. The molecule has 5 rings (SSSR count). The van der Waals surface area contributed by atoms with Gasteiger partial charge in [0.2, 0.25) is 0 Å². The molecule has 0 saturated heterocycles. The zero-order valence-corrected chi connectivity index (χ0v) is 16.7. The van der Waals surface area contributed by atoms with Gasteiger partial charge >= 0.3 is 5.97 Å². The Labute approximate surface area is 179 Å². The van der Waals surface area contributed by atoms with Gasteiger partial charge in [-0.1, -0.05) is 60.7 Å². The molecule has 0 atom stereocenters. The molecule has 3 aromatic carbocycles. The first-order valence-corrected chi connectivity index (χ1v) is 10.0. The largest absolute Gasteiger partial charge is 0.456 e. The van der Waals surface area contributed by atoms with Crippen LogP contribution in [-0.2, 0) is 11.3 Å². The van der Waals surface area contributed by atoms with Crippen LogP contribution in [0.2, 0.25) is 0 Å². The van der Waals surface area contributed by atoms with Gasteiger partial charge < -0.3 is 4.74 Å². The third-order valence-corrected chi connectivity index (χ3v) is 5.03. The van der Waals surface area contributed by atoms with E-state index in [0.29, 0.717) is 11.3 Å². The normalized spacial score (nSPS) is 10.8. The lowest BCUT2D eigenvalue weighted by Crippen LogP contribution is -2.11. The van der Waals surface area contributed by atoms with Gasteiger partial charge in [0.05, 0.1) is 28.0 Å². The fourth-order valence-corrected chi connectivity index (χ4v) is 3.59. The predicted molar refractivity (Wildman–Crippen MR) is 120 cm³/mol. The highest BCUT2D eigenvalue weighted by atomic mass is 16.5. The summed E-state index contributed by atoms with van der Waals surface area (Å²) in [4.78, 5) is 22.1. The van der Waals surface area contributed by atoms with E-state index in [1.807, 2.05) is 95.6 Å². The fraction of sp³-hybridized carbons (Fsp3) is 0.0385. The highest BCUT2D eigenvalue weighted by Crippen LogP contribution is 2.30. The Bertz CT molecular complexity index is 1350. The van der Waals surface area contributed by atoms with Crippen LogP contribution in [0.4, 0.5) is 0 Å². The van der Waals surface area contributed by atoms with Crippen molar-refractivity contribution in [3.05, 3.63) is 115 Å². The molecule has 0 aliphatic heterocycles. The van der Waals surface area contributed by atoms with Crippen molar-refractivity contribution in [2.45, 2.75) is 6.61 Å². The summed E-state index contributed by atoms with van der Waals surface area (Å²) in [7, 11) is 0. The molecule has 0 amide bonds. The van der Waals surface area contributed by atoms with Crippen LogP contribution in [0.25, 0.3) is 28.1 Å². The van der Waals surface area contributed by atoms with Crippen LogP contribution in [0.1, 0.15) is 16.1 Å². The number of carbonyl (C=O) groups excluding carboxylic acids is 1. The standard InChI is InChI=1S/C26H19N3O2/c30-26(31-18-20-12-8-9-17-27-20)21-13-4-6-15-23(21)29-24-16-7-5-14-22(24)28-25(29)19-10-2-1-3-11-19/h1-17H,18H2. The van der Waals surface area contributed by atoms with Crippen LogP contribution < -0.4 is 0 Å². The number of esters is 1. The molecule has 5 heteroatoms. The van der Waals surface area contributed by atoms with Crippen molar-refractivity contribution in [3.8, 4) is 17.1 Å². The number of carbonyl (C=O) groups is 1. The Morgan fingerprint density at radius 1 is 0.806 bits per heavy atom. The van der Waals surface area contributed by atoms with Gasteiger partial charge in [-0.2, -0.15) is 0 Å². The lowest BCUT2D eigenvalue weighted by atomic mass is 10.1. The highest BCUT2D eigenvalue weighted by molar-refractivity contribution is 5.95. The second-order valence-electron chi connectivity index (χ2n) is 7.04. The van der Waals surface area contributed by atoms with Gasteiger partial charge in [0, 0.05) is 11.8 Å². The van der Waals surface area contributed by atoms with E-state index >= 15 is 0 Å². The second-order valence-corrected chi connectivity index (χ2v) is 7.04. The van der Waals surface area contributed by atoms with Crippen molar-refractivity contribution in [1.29, 1.82) is 0 Å². The smallest absolute Gasteiger partial charge is 0.340 e. The lowest BCUT2D eigenvalue weighted by molar-refractivity contribution is 0.0468. The minimum Gasteiger partial charge on any atom is -0.456 e. The number of pyridine rings is 1. The molecule has 0 spiro atoms. The van der Waals surface area contributed by atoms with Gasteiger partial charge in [-0.25, -0.2) is 9.78 Å². The van der Waals surface area contributed by atoms with Gasteiger partial charge in [-0.15, -0.1) is 0 Å². The van der Waals surface area contributed by atoms with Crippen LogP contribution >= 0.6 is 0 Å². The van der Waals surface area contributed by atoms with Crippen molar-refractivity contribution in [2.75, 3.05) is 0 Å². The molecule has 0 saturated carbocycles. The van der Waals surface area contributed by atoms with E-state index < -0.39 is 5.97 Å². The number of benzene rings is 3. The Kier molecular flexibility index (Phi) is 4.99. The van der Waals surface area contributed by atoms with E-state index in [2.05, 4.69) is 4.98 Å². The van der Waals surface area contributed by atoms with Crippen molar-refractivity contribution < 1.29 is 9.53 Å². The van der Waals surface area contributed by atoms with Crippen molar-refractivity contribution >= 4 is 17.0 Å². The highest BCUT2D eigenvalue weighted by Gasteiger charge is 2.20. The molecule has 150 valence electrons. The zero-order chi connectivity index (χ0) is 21.0. The summed E-state index contributed by atoms with van der Waals surface area (Å²) in [6.45, 7) is 0.115. The molecular formula is C26H19N3O2. The summed E-state index contributed by atoms with van der Waals surface area (Å²) in [6, 6.07) is 30.8. The summed E-state index contributed by atoms with van der Waals surface area (Å²) in [5, 5.41) is 0. The summed E-state index contributed by atoms with van der Waals surface area (Å²) in [6.07, 6.45) is 1.68. The van der Waals surface area contributed by atoms with Crippen molar-refractivity contribution in [3.63, 3.8) is 0 Å². The fourth-order valence-electron chi connectivity index (χ4n) is 3.59. The molecule has 0 aliphatic carbocycles. The summed E-state index contributed by atoms with van der Waals surface area (Å²) >= 11 is 0. The molecule has 0 N–H and O–H groups in total. The molecule has 5 nitrogen and oxygen atoms in total. The number of hydrogen-bond donors (Lipinski definition) is 0. The number of ether oxygens (including phenoxy) is 1. The number of rotatable bonds is 5. The maximum absolute atomic E-state index is 13.0. The van der Waals surface area contributed by atoms with E-state index in [1.54, 1.807) is 12.3 Å². The van der Waals surface area contributed by atoms with Gasteiger partial charge in [0.25, 0.3) is 0 Å². The van der Waals surface area contributed by atoms with E-state index in [-0.39, 0.29) is 6.61 Å². The van der Waals surface area contributed by atoms with E-state index in [9.17, 15) is 4.79 Å². The molecule has 0 aliphatic rings. The topological polar surface area (TPSA) is 57.0 Å². The SMILES string of the molecule is O=C(OCc1ccccn1)c1ccccc1-n1c(-c2ccccc2)nc2ccccc21. The Hall–Kier alpha value is -4.25. The number of imidazole rings is 1. The molecule has 31 heavy (non-hydrogen) atoms. The zero-order valence-electron chi connectivity index (χ0n) is 16.7. The van der Waals surface area contributed by atoms with Crippen LogP contribution in [0.15, 0.2) is 103 Å². The monoisotopic (exact) mass is 405 g/mol. The van der Waals surface area contributed by atoms with Crippen LogP contribution in [0.3, 0.4) is 0 Å². The number of aromatic nitrogens is 3. The summed E-state index contributed by atoms with van der Waals surface area (Å²) in [5.74, 6) is 0.366. The number of hydrogen-bond acceptors (Lipinski definition) is 4. The first kappa shape index (κ1) is 18.8. The third-order valence-electron chi connectivity index (χ3n) is 5.03. The Morgan fingerprint density at radius 3 is 2.39 bits per heavy atom. The van der Waals surface area contributed by atoms with Gasteiger partial charge in [0.15, 0.2) is 0 Å². The molecule has 0 unspecified atom stereocenters. The average Bonchev–Trinajstić information content (AvgIpc) is 3.23. The van der Waals surface area contributed by atoms with Gasteiger partial charge in [-0.05, 0) is 36.4 Å². The van der Waals surface area contributed by atoms with Crippen molar-refractivity contribution in [1.82, 2.24) is 14.5 Å².